The van der Waals surface area contributed by atoms with Crippen LogP contribution in [0.5, 0.6) is 5.75 Å². The Morgan fingerprint density at radius 2 is 2.00 bits per heavy atom. The van der Waals surface area contributed by atoms with Gasteiger partial charge in [0.25, 0.3) is 11.9 Å². The average molecular weight is 455 g/mol. The van der Waals surface area contributed by atoms with E-state index in [1.54, 1.807) is 35.3 Å². The third kappa shape index (κ3) is 4.52. The number of ether oxygens (including phenoxy) is 1. The molecule has 1 aliphatic rings. The molecule has 0 radical (unpaired) electrons. The molecule has 8 nitrogen and oxygen atoms in total. The maximum Gasteiger partial charge on any atom is 0.257 e. The van der Waals surface area contributed by atoms with E-state index >= 15 is 0 Å². The number of methoxy groups -OCH3 is 1. The summed E-state index contributed by atoms with van der Waals surface area (Å²) in [5, 5.41) is 4.55. The first-order chi connectivity index (χ1) is 16.6. The molecule has 0 atom stereocenters. The van der Waals surface area contributed by atoms with Gasteiger partial charge in [0, 0.05) is 49.6 Å². The molecule has 34 heavy (non-hydrogen) atoms. The van der Waals surface area contributed by atoms with Gasteiger partial charge in [0.05, 0.1) is 30.3 Å². The van der Waals surface area contributed by atoms with Gasteiger partial charge in [-0.05, 0) is 43.2 Å². The van der Waals surface area contributed by atoms with Crippen molar-refractivity contribution in [3.63, 3.8) is 0 Å². The SMILES string of the molecule is COc1cccc(-c2ccnc(-n3ncc(C(=O)N(C)CCc4ccccn4)c3C3CC3)n2)c1. The Morgan fingerprint density at radius 1 is 1.12 bits per heavy atom. The maximum absolute atomic E-state index is 13.3. The lowest BCUT2D eigenvalue weighted by Gasteiger charge is -2.17. The van der Waals surface area contributed by atoms with Crippen LogP contribution in [0.1, 0.15) is 40.5 Å². The van der Waals surface area contributed by atoms with E-state index in [9.17, 15) is 4.79 Å². The first-order valence-corrected chi connectivity index (χ1v) is 11.3. The van der Waals surface area contributed by atoms with Crippen molar-refractivity contribution in [2.24, 2.45) is 0 Å². The highest BCUT2D eigenvalue weighted by Crippen LogP contribution is 2.42. The Kier molecular flexibility index (Phi) is 6.03. The summed E-state index contributed by atoms with van der Waals surface area (Å²) in [6.45, 7) is 0.576. The lowest BCUT2D eigenvalue weighted by Crippen LogP contribution is -2.29. The summed E-state index contributed by atoms with van der Waals surface area (Å²) >= 11 is 0. The summed E-state index contributed by atoms with van der Waals surface area (Å²) in [6.07, 6.45) is 7.89. The van der Waals surface area contributed by atoms with Crippen LogP contribution < -0.4 is 4.74 Å². The quantitative estimate of drug-likeness (QED) is 0.401. The number of benzene rings is 1. The van der Waals surface area contributed by atoms with E-state index in [0.717, 1.165) is 41.2 Å². The van der Waals surface area contributed by atoms with Crippen LogP contribution in [0.3, 0.4) is 0 Å². The van der Waals surface area contributed by atoms with Crippen LogP contribution in [0.15, 0.2) is 67.1 Å². The predicted octanol–water partition coefficient (Wildman–Crippen LogP) is 3.93. The van der Waals surface area contributed by atoms with Crippen LogP contribution in [0.2, 0.25) is 0 Å². The highest BCUT2D eigenvalue weighted by atomic mass is 16.5. The number of amides is 1. The molecule has 8 heteroatoms. The van der Waals surface area contributed by atoms with Crippen molar-refractivity contribution < 1.29 is 9.53 Å². The van der Waals surface area contributed by atoms with Crippen LogP contribution >= 0.6 is 0 Å². The number of likely N-dealkylation sites (N-methyl/N-ethyl adjacent to an activating group) is 1. The Balaban J connectivity index is 1.42. The zero-order valence-corrected chi connectivity index (χ0v) is 19.3. The molecule has 1 saturated carbocycles. The minimum absolute atomic E-state index is 0.0481. The minimum Gasteiger partial charge on any atom is -0.497 e. The summed E-state index contributed by atoms with van der Waals surface area (Å²) in [6, 6.07) is 15.4. The Hall–Kier alpha value is -4.07. The van der Waals surface area contributed by atoms with E-state index in [4.69, 9.17) is 9.72 Å². The summed E-state index contributed by atoms with van der Waals surface area (Å²) < 4.78 is 7.07. The third-order valence-corrected chi connectivity index (χ3v) is 5.97. The second-order valence-corrected chi connectivity index (χ2v) is 8.40. The standard InChI is InChI=1S/C26H26N6O2/c1-31(15-12-20-7-3-4-13-27-20)25(33)22-17-29-32(24(22)18-9-10-18)26-28-14-11-23(30-26)19-6-5-8-21(16-19)34-2/h3-8,11,13-14,16-18H,9-10,12,15H2,1-2H3. The normalized spacial score (nSPS) is 13.0. The second-order valence-electron chi connectivity index (χ2n) is 8.40. The van der Waals surface area contributed by atoms with E-state index in [2.05, 4.69) is 15.1 Å². The molecule has 5 rings (SSSR count). The molecule has 0 spiro atoms. The number of nitrogens with zero attached hydrogens (tertiary/aromatic N) is 6. The maximum atomic E-state index is 13.3. The number of hydrogen-bond acceptors (Lipinski definition) is 6. The van der Waals surface area contributed by atoms with Crippen LogP contribution in [0, 0.1) is 0 Å². The smallest absolute Gasteiger partial charge is 0.257 e. The minimum atomic E-state index is -0.0481. The molecule has 3 aromatic heterocycles. The molecule has 0 bridgehead atoms. The van der Waals surface area contributed by atoms with Crippen LogP contribution in [-0.4, -0.2) is 56.2 Å². The number of hydrogen-bond donors (Lipinski definition) is 0. The monoisotopic (exact) mass is 454 g/mol. The highest BCUT2D eigenvalue weighted by molar-refractivity contribution is 5.95. The van der Waals surface area contributed by atoms with Gasteiger partial charge in [-0.25, -0.2) is 14.6 Å². The van der Waals surface area contributed by atoms with Gasteiger partial charge in [0.15, 0.2) is 0 Å². The number of carbonyl (C=O) groups is 1. The summed E-state index contributed by atoms with van der Waals surface area (Å²) in [5.41, 5.74) is 4.15. The molecule has 4 aromatic rings. The molecule has 1 amide bonds. The molecule has 3 heterocycles. The molecule has 1 aliphatic carbocycles. The lowest BCUT2D eigenvalue weighted by atomic mass is 10.1. The first kappa shape index (κ1) is 21.8. The van der Waals surface area contributed by atoms with Gasteiger partial charge in [0.2, 0.25) is 0 Å². The summed E-state index contributed by atoms with van der Waals surface area (Å²) in [7, 11) is 3.46. The Labute approximate surface area is 198 Å². The third-order valence-electron chi connectivity index (χ3n) is 5.97. The van der Waals surface area contributed by atoms with E-state index < -0.39 is 0 Å². The number of pyridine rings is 1. The van der Waals surface area contributed by atoms with Crippen LogP contribution in [-0.2, 0) is 6.42 Å². The zero-order valence-electron chi connectivity index (χ0n) is 19.3. The van der Waals surface area contributed by atoms with Crippen molar-refractivity contribution in [2.75, 3.05) is 20.7 Å². The van der Waals surface area contributed by atoms with Gasteiger partial charge in [-0.1, -0.05) is 18.2 Å². The molecule has 0 aliphatic heterocycles. The molecular formula is C26H26N6O2. The van der Waals surface area contributed by atoms with Crippen molar-refractivity contribution >= 4 is 5.91 Å². The molecule has 1 aromatic carbocycles. The largest absolute Gasteiger partial charge is 0.497 e. The lowest BCUT2D eigenvalue weighted by molar-refractivity contribution is 0.0795. The van der Waals surface area contributed by atoms with Crippen molar-refractivity contribution in [2.45, 2.75) is 25.2 Å². The highest BCUT2D eigenvalue weighted by Gasteiger charge is 2.34. The average Bonchev–Trinajstić information content (AvgIpc) is 3.65. The van der Waals surface area contributed by atoms with Crippen molar-refractivity contribution in [1.82, 2.24) is 29.6 Å². The number of aromatic nitrogens is 5. The Bertz CT molecular complexity index is 1300. The van der Waals surface area contributed by atoms with Gasteiger partial charge >= 0.3 is 0 Å². The fourth-order valence-electron chi connectivity index (χ4n) is 3.96. The van der Waals surface area contributed by atoms with Gasteiger partial charge in [-0.3, -0.25) is 9.78 Å². The van der Waals surface area contributed by atoms with Gasteiger partial charge < -0.3 is 9.64 Å². The predicted molar refractivity (Wildman–Crippen MR) is 128 cm³/mol. The van der Waals surface area contributed by atoms with E-state index in [0.29, 0.717) is 24.5 Å². The van der Waals surface area contributed by atoms with Crippen LogP contribution in [0.25, 0.3) is 17.2 Å². The van der Waals surface area contributed by atoms with Crippen LogP contribution in [0.4, 0.5) is 0 Å². The topological polar surface area (TPSA) is 86.0 Å². The molecule has 0 unspecified atom stereocenters. The molecule has 172 valence electrons. The van der Waals surface area contributed by atoms with E-state index in [-0.39, 0.29) is 11.8 Å². The molecule has 1 fully saturated rings. The van der Waals surface area contributed by atoms with Crippen molar-refractivity contribution in [1.29, 1.82) is 0 Å². The molecular weight excluding hydrogens is 428 g/mol. The van der Waals surface area contributed by atoms with Crippen molar-refractivity contribution in [3.8, 4) is 23.0 Å². The Morgan fingerprint density at radius 3 is 2.76 bits per heavy atom. The van der Waals surface area contributed by atoms with E-state index in [1.807, 2.05) is 55.6 Å². The number of carbonyl (C=O) groups excluding carboxylic acids is 1. The fourth-order valence-corrected chi connectivity index (χ4v) is 3.96. The second kappa shape index (κ2) is 9.43. The number of rotatable bonds is 8. The fraction of sp³-hybridized carbons (Fsp3) is 0.269. The molecule has 0 saturated heterocycles. The van der Waals surface area contributed by atoms with Gasteiger partial charge in [-0.2, -0.15) is 5.10 Å². The molecule has 0 N–H and O–H groups in total. The van der Waals surface area contributed by atoms with E-state index in [1.165, 1.54) is 0 Å². The summed E-state index contributed by atoms with van der Waals surface area (Å²) in [4.78, 5) is 28.6. The first-order valence-electron chi connectivity index (χ1n) is 11.3. The summed E-state index contributed by atoms with van der Waals surface area (Å²) in [5.74, 6) is 1.46. The van der Waals surface area contributed by atoms with Gasteiger partial charge in [0.1, 0.15) is 5.75 Å². The van der Waals surface area contributed by atoms with Crippen molar-refractivity contribution in [3.05, 3.63) is 84.1 Å². The zero-order chi connectivity index (χ0) is 23.5. The van der Waals surface area contributed by atoms with Gasteiger partial charge in [-0.15, -0.1) is 0 Å².